The highest BCUT2D eigenvalue weighted by Gasteiger charge is 2.13. The molecule has 0 aliphatic rings. The van der Waals surface area contributed by atoms with Gasteiger partial charge in [0.1, 0.15) is 5.03 Å². The van der Waals surface area contributed by atoms with Crippen LogP contribution in [0.3, 0.4) is 0 Å². The van der Waals surface area contributed by atoms with Gasteiger partial charge in [-0.15, -0.1) is 0 Å². The van der Waals surface area contributed by atoms with Gasteiger partial charge in [0.25, 0.3) is 0 Å². The number of imidazole rings is 1. The summed E-state index contributed by atoms with van der Waals surface area (Å²) in [6, 6.07) is 8.12. The molecule has 7 heteroatoms. The molecule has 2 heterocycles. The molecular weight excluding hydrogens is 270 g/mol. The molecule has 1 aromatic carbocycles. The highest BCUT2D eigenvalue weighted by Crippen LogP contribution is 2.29. The van der Waals surface area contributed by atoms with E-state index in [9.17, 15) is 8.78 Å². The Hall–Kier alpha value is -2.15. The van der Waals surface area contributed by atoms with Gasteiger partial charge in [-0.3, -0.25) is 0 Å². The molecule has 4 nitrogen and oxygen atoms in total. The van der Waals surface area contributed by atoms with Crippen molar-refractivity contribution in [1.29, 1.82) is 0 Å². The molecular formula is C12H8F2N4S. The standard InChI is InChI=1S/C12H8F2N4S/c13-6-5-7(14)11(18-10(6)15)19-12-16-8-3-1-2-4-9(8)17-12/h1-5H,(H2,15,18)(H,16,17). The van der Waals surface area contributed by atoms with Gasteiger partial charge in [0.15, 0.2) is 22.6 Å². The number of halogens is 2. The van der Waals surface area contributed by atoms with Crippen LogP contribution >= 0.6 is 11.8 Å². The number of nitrogens with two attached hydrogens (primary N) is 1. The number of pyridine rings is 1. The first kappa shape index (κ1) is 11.9. The zero-order chi connectivity index (χ0) is 13.4. The molecule has 0 aliphatic heterocycles. The smallest absolute Gasteiger partial charge is 0.172 e. The summed E-state index contributed by atoms with van der Waals surface area (Å²) in [6.45, 7) is 0. The van der Waals surface area contributed by atoms with Gasteiger partial charge < -0.3 is 10.7 Å². The van der Waals surface area contributed by atoms with Crippen molar-refractivity contribution in [3.63, 3.8) is 0 Å². The van der Waals surface area contributed by atoms with Gasteiger partial charge >= 0.3 is 0 Å². The van der Waals surface area contributed by atoms with Crippen LogP contribution < -0.4 is 5.73 Å². The van der Waals surface area contributed by atoms with Crippen LogP contribution in [0.1, 0.15) is 0 Å². The minimum absolute atomic E-state index is 0.0158. The average Bonchev–Trinajstić information content (AvgIpc) is 2.78. The van der Waals surface area contributed by atoms with Crippen LogP contribution in [0.2, 0.25) is 0 Å². The minimum atomic E-state index is -0.869. The lowest BCUT2D eigenvalue weighted by Gasteiger charge is -2.01. The number of hydrogen-bond acceptors (Lipinski definition) is 4. The molecule has 0 saturated carbocycles. The van der Waals surface area contributed by atoms with E-state index in [2.05, 4.69) is 15.0 Å². The number of benzene rings is 1. The fourth-order valence-corrected chi connectivity index (χ4v) is 2.39. The molecule has 0 radical (unpaired) electrons. The second-order valence-corrected chi connectivity index (χ2v) is 4.78. The Bertz CT molecular complexity index is 724. The number of nitrogen functional groups attached to an aromatic ring is 1. The van der Waals surface area contributed by atoms with Gasteiger partial charge in [0.05, 0.1) is 11.0 Å². The summed E-state index contributed by atoms with van der Waals surface area (Å²) in [5, 5.41) is 0.455. The second kappa shape index (κ2) is 4.51. The van der Waals surface area contributed by atoms with Crippen LogP contribution in [0.25, 0.3) is 11.0 Å². The lowest BCUT2D eigenvalue weighted by molar-refractivity contribution is 0.552. The van der Waals surface area contributed by atoms with E-state index in [0.29, 0.717) is 11.2 Å². The van der Waals surface area contributed by atoms with E-state index in [0.717, 1.165) is 22.8 Å². The molecule has 2 aromatic heterocycles. The zero-order valence-corrected chi connectivity index (χ0v) is 10.3. The van der Waals surface area contributed by atoms with Gasteiger partial charge in [-0.2, -0.15) is 0 Å². The number of rotatable bonds is 2. The summed E-state index contributed by atoms with van der Waals surface area (Å²) in [5.41, 5.74) is 6.92. The number of hydrogen-bond donors (Lipinski definition) is 2. The molecule has 0 saturated heterocycles. The molecule has 96 valence electrons. The maximum atomic E-state index is 13.6. The molecule has 0 unspecified atom stereocenters. The van der Waals surface area contributed by atoms with Crippen molar-refractivity contribution >= 4 is 28.6 Å². The lowest BCUT2D eigenvalue weighted by Crippen LogP contribution is -1.98. The van der Waals surface area contributed by atoms with Crippen LogP contribution in [0, 0.1) is 11.6 Å². The number of aromatic nitrogens is 3. The number of anilines is 1. The van der Waals surface area contributed by atoms with Gasteiger partial charge in [0, 0.05) is 6.07 Å². The quantitative estimate of drug-likeness (QED) is 0.756. The normalized spacial score (nSPS) is 11.1. The molecule has 3 N–H and O–H groups in total. The average molecular weight is 278 g/mol. The Balaban J connectivity index is 1.98. The molecule has 0 fully saturated rings. The summed E-state index contributed by atoms with van der Waals surface area (Å²) in [5.74, 6) is -1.97. The molecule has 3 aromatic rings. The third kappa shape index (κ3) is 2.24. The van der Waals surface area contributed by atoms with Crippen LogP contribution in [0.4, 0.5) is 14.6 Å². The lowest BCUT2D eigenvalue weighted by atomic mass is 10.3. The maximum Gasteiger partial charge on any atom is 0.172 e. The van der Waals surface area contributed by atoms with Crippen molar-refractivity contribution in [2.75, 3.05) is 5.73 Å². The van der Waals surface area contributed by atoms with Gasteiger partial charge in [0.2, 0.25) is 0 Å². The van der Waals surface area contributed by atoms with Crippen LogP contribution in [0.15, 0.2) is 40.5 Å². The Morgan fingerprint density at radius 3 is 2.68 bits per heavy atom. The third-order valence-corrected chi connectivity index (χ3v) is 3.35. The molecule has 0 bridgehead atoms. The van der Waals surface area contributed by atoms with E-state index in [-0.39, 0.29) is 10.8 Å². The number of fused-ring (bicyclic) bond motifs is 1. The molecule has 0 atom stereocenters. The number of para-hydroxylation sites is 2. The number of H-pyrrole nitrogens is 1. The SMILES string of the molecule is Nc1nc(Sc2nc3ccccc3[nH]2)c(F)cc1F. The van der Waals surface area contributed by atoms with Crippen molar-refractivity contribution in [3.05, 3.63) is 42.0 Å². The van der Waals surface area contributed by atoms with Crippen LogP contribution in [0.5, 0.6) is 0 Å². The first-order valence-corrected chi connectivity index (χ1v) is 6.19. The number of nitrogens with one attached hydrogen (secondary N) is 1. The van der Waals surface area contributed by atoms with Crippen LogP contribution in [-0.4, -0.2) is 15.0 Å². The highest BCUT2D eigenvalue weighted by atomic mass is 32.2. The van der Waals surface area contributed by atoms with Gasteiger partial charge in [-0.05, 0) is 23.9 Å². The summed E-state index contributed by atoms with van der Waals surface area (Å²) < 4.78 is 26.6. The van der Waals surface area contributed by atoms with Crippen LogP contribution in [-0.2, 0) is 0 Å². The monoisotopic (exact) mass is 278 g/mol. The Morgan fingerprint density at radius 1 is 1.11 bits per heavy atom. The van der Waals surface area contributed by atoms with Crippen molar-refractivity contribution in [2.24, 2.45) is 0 Å². The fourth-order valence-electron chi connectivity index (χ4n) is 1.60. The van der Waals surface area contributed by atoms with Gasteiger partial charge in [-0.25, -0.2) is 18.7 Å². The minimum Gasteiger partial charge on any atom is -0.381 e. The van der Waals surface area contributed by atoms with E-state index >= 15 is 0 Å². The molecule has 0 amide bonds. The summed E-state index contributed by atoms with van der Waals surface area (Å²) in [7, 11) is 0. The van der Waals surface area contributed by atoms with E-state index < -0.39 is 11.6 Å². The zero-order valence-electron chi connectivity index (χ0n) is 9.52. The maximum absolute atomic E-state index is 13.6. The van der Waals surface area contributed by atoms with Crippen molar-refractivity contribution in [2.45, 2.75) is 10.2 Å². The Labute approximate surface area is 111 Å². The number of aromatic amines is 1. The summed E-state index contributed by atoms with van der Waals surface area (Å²) >= 11 is 0.963. The first-order valence-electron chi connectivity index (χ1n) is 5.37. The van der Waals surface area contributed by atoms with Crippen molar-refractivity contribution < 1.29 is 8.78 Å². The van der Waals surface area contributed by atoms with Crippen molar-refractivity contribution in [1.82, 2.24) is 15.0 Å². The fraction of sp³-hybridized carbons (Fsp3) is 0. The summed E-state index contributed by atoms with van der Waals surface area (Å²) in [6.07, 6.45) is 0. The van der Waals surface area contributed by atoms with E-state index in [1.165, 1.54) is 0 Å². The second-order valence-electron chi connectivity index (χ2n) is 3.80. The molecule has 19 heavy (non-hydrogen) atoms. The predicted molar refractivity (Wildman–Crippen MR) is 68.8 cm³/mol. The third-order valence-electron chi connectivity index (χ3n) is 2.49. The Kier molecular flexibility index (Phi) is 2.83. The molecule has 0 aliphatic carbocycles. The highest BCUT2D eigenvalue weighted by molar-refractivity contribution is 7.99. The molecule has 3 rings (SSSR count). The van der Waals surface area contributed by atoms with E-state index in [1.54, 1.807) is 0 Å². The summed E-state index contributed by atoms with van der Waals surface area (Å²) in [4.78, 5) is 11.0. The van der Waals surface area contributed by atoms with Crippen molar-refractivity contribution in [3.8, 4) is 0 Å². The van der Waals surface area contributed by atoms with E-state index in [4.69, 9.17) is 5.73 Å². The predicted octanol–water partition coefficient (Wildman–Crippen LogP) is 2.97. The van der Waals surface area contributed by atoms with E-state index in [1.807, 2.05) is 24.3 Å². The Morgan fingerprint density at radius 2 is 1.89 bits per heavy atom. The largest absolute Gasteiger partial charge is 0.381 e. The number of nitrogens with zero attached hydrogens (tertiary/aromatic N) is 2. The van der Waals surface area contributed by atoms with Gasteiger partial charge in [-0.1, -0.05) is 12.1 Å². The first-order chi connectivity index (χ1) is 9.13. The molecule has 0 spiro atoms. The topological polar surface area (TPSA) is 67.6 Å².